The predicted molar refractivity (Wildman–Crippen MR) is 206 cm³/mol. The first-order valence-corrected chi connectivity index (χ1v) is 18.4. The second-order valence-corrected chi connectivity index (χ2v) is 15.2. The molecule has 1 aliphatic carbocycles. The molecular weight excluding hydrogens is 726 g/mol. The van der Waals surface area contributed by atoms with Crippen LogP contribution < -0.4 is 10.6 Å². The van der Waals surface area contributed by atoms with Gasteiger partial charge < -0.3 is 39.6 Å². The summed E-state index contributed by atoms with van der Waals surface area (Å²) in [5.74, 6) is -2.35. The number of nitrogens with zero attached hydrogens (tertiary/aromatic N) is 4. The molecule has 2 aliphatic heterocycles. The molecule has 304 valence electrons. The summed E-state index contributed by atoms with van der Waals surface area (Å²) in [6, 6.07) is 9.92. The Morgan fingerprint density at radius 2 is 1.61 bits per heavy atom. The molecular formula is C40H53N5O11. The number of ether oxygens (including phenoxy) is 4. The lowest BCUT2D eigenvalue weighted by Crippen LogP contribution is -2.55. The number of anilines is 2. The van der Waals surface area contributed by atoms with Crippen molar-refractivity contribution in [3.8, 4) is 0 Å². The average Bonchev–Trinajstić information content (AvgIpc) is 3.87. The van der Waals surface area contributed by atoms with E-state index >= 15 is 0 Å². The Labute approximate surface area is 327 Å². The van der Waals surface area contributed by atoms with Gasteiger partial charge in [-0.05, 0) is 95.7 Å². The van der Waals surface area contributed by atoms with Crippen LogP contribution in [-0.2, 0) is 46.4 Å². The molecule has 0 bridgehead atoms. The number of benzene rings is 2. The largest absolute Gasteiger partial charge is 0.478 e. The zero-order chi connectivity index (χ0) is 42.1. The Morgan fingerprint density at radius 3 is 2.12 bits per heavy atom. The monoisotopic (exact) mass is 779 g/mol. The molecule has 2 aromatic rings. The summed E-state index contributed by atoms with van der Waals surface area (Å²) in [4.78, 5) is 80.7. The van der Waals surface area contributed by atoms with Gasteiger partial charge in [0.25, 0.3) is 11.8 Å². The fourth-order valence-electron chi connectivity index (χ4n) is 5.63. The molecule has 0 aromatic heterocycles. The second kappa shape index (κ2) is 18.8. The third kappa shape index (κ3) is 12.4. The average molecular weight is 780 g/mol. The van der Waals surface area contributed by atoms with Crippen LogP contribution in [0, 0.1) is 12.5 Å². The van der Waals surface area contributed by atoms with E-state index < -0.39 is 53.4 Å². The van der Waals surface area contributed by atoms with Crippen molar-refractivity contribution in [1.82, 2.24) is 9.80 Å². The van der Waals surface area contributed by atoms with Gasteiger partial charge in [-0.1, -0.05) is 26.0 Å². The SMILES string of the molecule is CC.CC(=O)O[C@@H](C(=O)O)[C@H]1OCCN(c2ccc3c(c2)C(=O)N(CC2CC2)C3)C1=O.[C-]#[N+]c1ccc(N)cc1CN(C(=O)OC(C)(C)C)C(=O)OC(C)(C)C. The van der Waals surface area contributed by atoms with Crippen LogP contribution in [0.25, 0.3) is 4.85 Å². The Hall–Kier alpha value is -5.69. The quantitative estimate of drug-likeness (QED) is 0.131. The Kier molecular flexibility index (Phi) is 15.0. The summed E-state index contributed by atoms with van der Waals surface area (Å²) in [5, 5.41) is 9.34. The van der Waals surface area contributed by atoms with Crippen LogP contribution in [-0.4, -0.2) is 94.0 Å². The van der Waals surface area contributed by atoms with E-state index in [-0.39, 0.29) is 25.6 Å². The van der Waals surface area contributed by atoms with Crippen molar-refractivity contribution in [2.24, 2.45) is 5.92 Å². The van der Waals surface area contributed by atoms with Crippen molar-refractivity contribution < 1.29 is 52.8 Å². The Morgan fingerprint density at radius 1 is 1.00 bits per heavy atom. The number of carboxylic acids is 1. The van der Waals surface area contributed by atoms with Crippen molar-refractivity contribution in [3.05, 3.63) is 64.5 Å². The molecule has 3 aliphatic rings. The maximum absolute atomic E-state index is 12.9. The molecule has 16 nitrogen and oxygen atoms in total. The topological polar surface area (TPSA) is 200 Å². The van der Waals surface area contributed by atoms with E-state index in [4.69, 9.17) is 31.3 Å². The van der Waals surface area contributed by atoms with Gasteiger partial charge in [-0.25, -0.2) is 24.1 Å². The highest BCUT2D eigenvalue weighted by Crippen LogP contribution is 2.35. The molecule has 0 radical (unpaired) electrons. The minimum Gasteiger partial charge on any atom is -0.478 e. The number of fused-ring (bicyclic) bond motifs is 1. The first-order chi connectivity index (χ1) is 26.2. The van der Waals surface area contributed by atoms with Gasteiger partial charge >= 0.3 is 24.1 Å². The summed E-state index contributed by atoms with van der Waals surface area (Å²) in [5.41, 5.74) is 7.33. The fourth-order valence-corrected chi connectivity index (χ4v) is 5.63. The molecule has 0 unspecified atom stereocenters. The van der Waals surface area contributed by atoms with Gasteiger partial charge in [0.05, 0.1) is 19.7 Å². The number of carboxylic acid groups (broad SMARTS) is 1. The molecule has 2 fully saturated rings. The molecule has 56 heavy (non-hydrogen) atoms. The maximum atomic E-state index is 12.9. The summed E-state index contributed by atoms with van der Waals surface area (Å²) in [7, 11) is 0. The van der Waals surface area contributed by atoms with Crippen LogP contribution >= 0.6 is 0 Å². The van der Waals surface area contributed by atoms with E-state index in [9.17, 15) is 33.9 Å². The molecule has 5 rings (SSSR count). The normalized spacial score (nSPS) is 16.8. The summed E-state index contributed by atoms with van der Waals surface area (Å²) in [6.07, 6.45) is -2.56. The zero-order valence-corrected chi connectivity index (χ0v) is 33.5. The standard InChI is InChI=1S/C20H22N2O7.C18H25N3O4.C2H6/c1-11(23)29-17(20(26)27)16-19(25)22(6-7-28-16)14-5-4-13-10-21(9-12-2-3-12)18(24)15(13)8-14;1-17(2,3)24-15(22)21(16(23)25-18(4,5)6)11-12-10-13(19)8-9-14(12)20-7;1-2/h4-5,8,12,16-17H,2-3,6-7,9-10H2,1H3,(H,26,27);8-10H,11,19H2,1-6H3;1-2H3/t16-,17-;;/m1../s1. The lowest BCUT2D eigenvalue weighted by atomic mass is 10.1. The molecule has 3 N–H and O–H groups in total. The van der Waals surface area contributed by atoms with Crippen LogP contribution in [0.15, 0.2) is 36.4 Å². The number of carbonyl (C=O) groups excluding carboxylic acids is 5. The predicted octanol–water partition coefficient (Wildman–Crippen LogP) is 6.32. The van der Waals surface area contributed by atoms with Crippen molar-refractivity contribution in [1.29, 1.82) is 0 Å². The molecule has 2 atom stereocenters. The third-order valence-corrected chi connectivity index (χ3v) is 8.17. The molecule has 4 amide bonds. The smallest absolute Gasteiger partial charge is 0.420 e. The number of carbonyl (C=O) groups is 6. The van der Waals surface area contributed by atoms with Crippen molar-refractivity contribution in [3.63, 3.8) is 0 Å². The lowest BCUT2D eigenvalue weighted by Gasteiger charge is -2.34. The van der Waals surface area contributed by atoms with Crippen LogP contribution in [0.3, 0.4) is 0 Å². The number of amides is 4. The molecule has 0 spiro atoms. The highest BCUT2D eigenvalue weighted by atomic mass is 16.6. The number of hydrogen-bond donors (Lipinski definition) is 2. The summed E-state index contributed by atoms with van der Waals surface area (Å²) < 4.78 is 20.7. The van der Waals surface area contributed by atoms with Crippen LogP contribution in [0.4, 0.5) is 26.7 Å². The number of aliphatic carboxylic acids is 1. The van der Waals surface area contributed by atoms with E-state index in [2.05, 4.69) is 4.85 Å². The second-order valence-electron chi connectivity index (χ2n) is 15.2. The van der Waals surface area contributed by atoms with Gasteiger partial charge in [-0.2, -0.15) is 0 Å². The first-order valence-electron chi connectivity index (χ1n) is 18.4. The first kappa shape index (κ1) is 44.7. The van der Waals surface area contributed by atoms with E-state index in [0.717, 1.165) is 36.8 Å². The molecule has 2 aromatic carbocycles. The number of nitrogens with two attached hydrogens (primary N) is 1. The number of morpholine rings is 1. The van der Waals surface area contributed by atoms with Gasteiger partial charge in [0.1, 0.15) is 11.2 Å². The lowest BCUT2D eigenvalue weighted by molar-refractivity contribution is -0.177. The molecule has 1 saturated heterocycles. The minimum atomic E-state index is -1.73. The maximum Gasteiger partial charge on any atom is 0.420 e. The minimum absolute atomic E-state index is 0.0469. The zero-order valence-electron chi connectivity index (χ0n) is 33.5. The molecule has 16 heteroatoms. The molecule has 2 heterocycles. The summed E-state index contributed by atoms with van der Waals surface area (Å²) in [6.45, 7) is 23.9. The molecule has 1 saturated carbocycles. The van der Waals surface area contributed by atoms with E-state index in [1.54, 1.807) is 71.9 Å². The van der Waals surface area contributed by atoms with Crippen molar-refractivity contribution in [2.75, 3.05) is 30.3 Å². The van der Waals surface area contributed by atoms with E-state index in [1.807, 2.05) is 24.8 Å². The number of esters is 1. The van der Waals surface area contributed by atoms with Crippen molar-refractivity contribution >= 4 is 53.0 Å². The number of nitrogen functional groups attached to an aromatic ring is 1. The van der Waals surface area contributed by atoms with E-state index in [1.165, 1.54) is 4.90 Å². The van der Waals surface area contributed by atoms with Crippen molar-refractivity contribution in [2.45, 2.75) is 112 Å². The number of hydrogen-bond acceptors (Lipinski definition) is 11. The van der Waals surface area contributed by atoms with Crippen LogP contribution in [0.1, 0.15) is 96.6 Å². The van der Waals surface area contributed by atoms with Crippen LogP contribution in [0.5, 0.6) is 0 Å². The Bertz CT molecular complexity index is 1810. The van der Waals surface area contributed by atoms with E-state index in [0.29, 0.717) is 40.7 Å². The van der Waals surface area contributed by atoms with Gasteiger partial charge in [0.15, 0.2) is 11.8 Å². The van der Waals surface area contributed by atoms with Gasteiger partial charge in [0, 0.05) is 43.5 Å². The highest BCUT2D eigenvalue weighted by Gasteiger charge is 2.43. The van der Waals surface area contributed by atoms with Gasteiger partial charge in [-0.15, -0.1) is 0 Å². The highest BCUT2D eigenvalue weighted by molar-refractivity contribution is 6.03. The van der Waals surface area contributed by atoms with Gasteiger partial charge in [0.2, 0.25) is 6.10 Å². The third-order valence-electron chi connectivity index (χ3n) is 8.17. The Balaban J connectivity index is 0.000000291. The van der Waals surface area contributed by atoms with Crippen LogP contribution in [0.2, 0.25) is 0 Å². The fraction of sp³-hybridized carbons (Fsp3) is 0.525. The summed E-state index contributed by atoms with van der Waals surface area (Å²) >= 11 is 0. The number of rotatable bonds is 8. The van der Waals surface area contributed by atoms with Gasteiger partial charge in [-0.3, -0.25) is 14.4 Å². The number of imide groups is 1.